The van der Waals surface area contributed by atoms with E-state index >= 15 is 0 Å². The van der Waals surface area contributed by atoms with E-state index in [4.69, 9.17) is 10.5 Å². The molecule has 0 aromatic rings. The van der Waals surface area contributed by atoms with Crippen LogP contribution in [0.15, 0.2) is 0 Å². The lowest BCUT2D eigenvalue weighted by atomic mass is 9.85. The first-order valence-electron chi connectivity index (χ1n) is 8.73. The monoisotopic (exact) mass is 296 g/mol. The third-order valence-corrected chi connectivity index (χ3v) is 5.70. The molecule has 21 heavy (non-hydrogen) atoms. The summed E-state index contributed by atoms with van der Waals surface area (Å²) in [7, 11) is 1.45. The Morgan fingerprint density at radius 2 is 1.95 bits per heavy atom. The number of carbonyl (C=O) groups is 1. The molecule has 122 valence electrons. The predicted octanol–water partition coefficient (Wildman–Crippen LogP) is 2.70. The molecule has 0 aromatic heterocycles. The minimum absolute atomic E-state index is 0.217. The van der Waals surface area contributed by atoms with Crippen molar-refractivity contribution in [3.8, 4) is 0 Å². The molecule has 2 rings (SSSR count). The molecule has 0 amide bonds. The molecule has 2 aliphatic rings. The van der Waals surface area contributed by atoms with Crippen LogP contribution in [-0.2, 0) is 9.53 Å². The second-order valence-corrected chi connectivity index (χ2v) is 6.83. The highest BCUT2D eigenvalue weighted by Crippen LogP contribution is 2.37. The Morgan fingerprint density at radius 3 is 2.57 bits per heavy atom. The predicted molar refractivity (Wildman–Crippen MR) is 85.0 cm³/mol. The van der Waals surface area contributed by atoms with Crippen molar-refractivity contribution in [2.24, 2.45) is 11.7 Å². The van der Waals surface area contributed by atoms with Gasteiger partial charge in [0.05, 0.1) is 7.11 Å². The van der Waals surface area contributed by atoms with Crippen molar-refractivity contribution in [2.75, 3.05) is 20.2 Å². The van der Waals surface area contributed by atoms with Gasteiger partial charge in [-0.25, -0.2) is 0 Å². The molecule has 4 heteroatoms. The first-order chi connectivity index (χ1) is 10.1. The molecule has 0 aromatic carbocycles. The zero-order valence-corrected chi connectivity index (χ0v) is 13.8. The number of nitrogens with two attached hydrogens (primary N) is 1. The third kappa shape index (κ3) is 3.78. The number of carbonyl (C=O) groups excluding carboxylic acids is 1. The fraction of sp³-hybridized carbons (Fsp3) is 0.941. The lowest BCUT2D eigenvalue weighted by molar-refractivity contribution is -0.148. The molecule has 2 unspecified atom stereocenters. The summed E-state index contributed by atoms with van der Waals surface area (Å²) in [4.78, 5) is 14.6. The van der Waals surface area contributed by atoms with E-state index in [0.717, 1.165) is 44.8 Å². The molecule has 4 nitrogen and oxygen atoms in total. The van der Waals surface area contributed by atoms with E-state index in [1.54, 1.807) is 0 Å². The van der Waals surface area contributed by atoms with Crippen LogP contribution in [-0.4, -0.2) is 42.6 Å². The van der Waals surface area contributed by atoms with Gasteiger partial charge in [-0.2, -0.15) is 0 Å². The summed E-state index contributed by atoms with van der Waals surface area (Å²) >= 11 is 0. The molecule has 2 N–H and O–H groups in total. The lowest BCUT2D eigenvalue weighted by Gasteiger charge is -2.36. The molecular formula is C17H32N2O2. The highest BCUT2D eigenvalue weighted by molar-refractivity contribution is 5.81. The zero-order chi connectivity index (χ0) is 15.3. The topological polar surface area (TPSA) is 55.6 Å². The van der Waals surface area contributed by atoms with Gasteiger partial charge in [0.2, 0.25) is 0 Å². The molecule has 0 spiro atoms. The van der Waals surface area contributed by atoms with Crippen LogP contribution in [0.25, 0.3) is 0 Å². The molecule has 0 heterocycles. The summed E-state index contributed by atoms with van der Waals surface area (Å²) in [5, 5.41) is 0. The van der Waals surface area contributed by atoms with E-state index in [1.165, 1.54) is 39.2 Å². The van der Waals surface area contributed by atoms with Gasteiger partial charge in [0.25, 0.3) is 0 Å². The van der Waals surface area contributed by atoms with Crippen molar-refractivity contribution in [3.05, 3.63) is 0 Å². The maximum atomic E-state index is 12.0. The largest absolute Gasteiger partial charge is 0.468 e. The van der Waals surface area contributed by atoms with Crippen LogP contribution in [0.3, 0.4) is 0 Å². The summed E-state index contributed by atoms with van der Waals surface area (Å²) in [6.45, 7) is 4.42. The number of methoxy groups -OCH3 is 1. The maximum absolute atomic E-state index is 12.0. The van der Waals surface area contributed by atoms with Crippen molar-refractivity contribution >= 4 is 5.97 Å². The first kappa shape index (κ1) is 16.8. The number of ether oxygens (including phenoxy) is 1. The Bertz CT molecular complexity index is 342. The Hall–Kier alpha value is -0.610. The highest BCUT2D eigenvalue weighted by atomic mass is 16.5. The van der Waals surface area contributed by atoms with Crippen LogP contribution >= 0.6 is 0 Å². The molecule has 2 saturated carbocycles. The van der Waals surface area contributed by atoms with Gasteiger partial charge in [-0.15, -0.1) is 0 Å². The Balaban J connectivity index is 1.89. The van der Waals surface area contributed by atoms with Crippen LogP contribution in [0.2, 0.25) is 0 Å². The van der Waals surface area contributed by atoms with Crippen molar-refractivity contribution in [3.63, 3.8) is 0 Å². The lowest BCUT2D eigenvalue weighted by Crippen LogP contribution is -2.52. The van der Waals surface area contributed by atoms with Gasteiger partial charge in [-0.3, -0.25) is 4.79 Å². The van der Waals surface area contributed by atoms with Crippen LogP contribution in [0.5, 0.6) is 0 Å². The minimum atomic E-state index is -0.735. The highest BCUT2D eigenvalue weighted by Gasteiger charge is 2.46. The fourth-order valence-corrected chi connectivity index (χ4v) is 4.33. The van der Waals surface area contributed by atoms with Gasteiger partial charge in [-0.05, 0) is 51.1 Å². The number of esters is 1. The molecule has 2 aliphatic carbocycles. The van der Waals surface area contributed by atoms with Crippen LogP contribution in [0.1, 0.15) is 64.7 Å². The second kappa shape index (κ2) is 7.59. The van der Waals surface area contributed by atoms with E-state index < -0.39 is 5.54 Å². The van der Waals surface area contributed by atoms with E-state index in [0.29, 0.717) is 0 Å². The van der Waals surface area contributed by atoms with Gasteiger partial charge in [0.1, 0.15) is 5.54 Å². The van der Waals surface area contributed by atoms with Crippen molar-refractivity contribution < 1.29 is 9.53 Å². The Morgan fingerprint density at radius 1 is 1.24 bits per heavy atom. The quantitative estimate of drug-likeness (QED) is 0.766. The smallest absolute Gasteiger partial charge is 0.326 e. The van der Waals surface area contributed by atoms with Crippen LogP contribution in [0, 0.1) is 5.92 Å². The summed E-state index contributed by atoms with van der Waals surface area (Å²) in [6, 6.07) is 0.746. The molecule has 0 radical (unpaired) electrons. The SMILES string of the molecule is CCN(CCC1CCCC1(N)C(=O)OC)C1CCCCC1. The minimum Gasteiger partial charge on any atom is -0.468 e. The number of hydrogen-bond acceptors (Lipinski definition) is 4. The fourth-order valence-electron chi connectivity index (χ4n) is 4.33. The van der Waals surface area contributed by atoms with Gasteiger partial charge in [0, 0.05) is 6.04 Å². The second-order valence-electron chi connectivity index (χ2n) is 6.83. The summed E-state index contributed by atoms with van der Waals surface area (Å²) in [5.41, 5.74) is 5.64. The molecule has 2 fully saturated rings. The molecule has 0 saturated heterocycles. The first-order valence-corrected chi connectivity index (χ1v) is 8.73. The summed E-state index contributed by atoms with van der Waals surface area (Å²) < 4.78 is 4.94. The maximum Gasteiger partial charge on any atom is 0.326 e. The van der Waals surface area contributed by atoms with Gasteiger partial charge in [-0.1, -0.05) is 32.6 Å². The number of rotatable bonds is 6. The van der Waals surface area contributed by atoms with Gasteiger partial charge < -0.3 is 15.4 Å². The van der Waals surface area contributed by atoms with Crippen molar-refractivity contribution in [1.82, 2.24) is 4.90 Å². The van der Waals surface area contributed by atoms with Crippen molar-refractivity contribution in [1.29, 1.82) is 0 Å². The van der Waals surface area contributed by atoms with Gasteiger partial charge >= 0.3 is 5.97 Å². The van der Waals surface area contributed by atoms with Crippen LogP contribution < -0.4 is 5.73 Å². The van der Waals surface area contributed by atoms with E-state index in [-0.39, 0.29) is 11.9 Å². The Labute approximate surface area is 129 Å². The normalized spacial score (nSPS) is 30.8. The molecule has 0 aliphatic heterocycles. The molecular weight excluding hydrogens is 264 g/mol. The molecule has 2 atom stereocenters. The molecule has 0 bridgehead atoms. The van der Waals surface area contributed by atoms with E-state index in [2.05, 4.69) is 11.8 Å². The zero-order valence-electron chi connectivity index (χ0n) is 13.8. The van der Waals surface area contributed by atoms with Crippen LogP contribution in [0.4, 0.5) is 0 Å². The van der Waals surface area contributed by atoms with Gasteiger partial charge in [0.15, 0.2) is 0 Å². The van der Waals surface area contributed by atoms with E-state index in [9.17, 15) is 4.79 Å². The summed E-state index contributed by atoms with van der Waals surface area (Å²) in [5.74, 6) is 0.0632. The average molecular weight is 296 g/mol. The average Bonchev–Trinajstić information content (AvgIpc) is 2.90. The standard InChI is InChI=1S/C17H32N2O2/c1-3-19(15-9-5-4-6-10-15)13-11-14-8-7-12-17(14,18)16(20)21-2/h14-15H,3-13,18H2,1-2H3. The number of hydrogen-bond donors (Lipinski definition) is 1. The Kier molecular flexibility index (Phi) is 6.06. The third-order valence-electron chi connectivity index (χ3n) is 5.70. The summed E-state index contributed by atoms with van der Waals surface area (Å²) in [6.07, 6.45) is 10.7. The number of nitrogens with zero attached hydrogens (tertiary/aromatic N) is 1. The van der Waals surface area contributed by atoms with E-state index in [1.807, 2.05) is 0 Å². The van der Waals surface area contributed by atoms with Crippen molar-refractivity contribution in [2.45, 2.75) is 76.3 Å².